The van der Waals surface area contributed by atoms with Crippen molar-refractivity contribution >= 4 is 11.6 Å². The predicted octanol–water partition coefficient (Wildman–Crippen LogP) is 2.08. The zero-order chi connectivity index (χ0) is 24.6. The molecule has 0 bridgehead atoms. The van der Waals surface area contributed by atoms with Gasteiger partial charge in [0.25, 0.3) is 11.5 Å². The van der Waals surface area contributed by atoms with Crippen molar-refractivity contribution in [3.63, 3.8) is 0 Å². The predicted molar refractivity (Wildman–Crippen MR) is 117 cm³/mol. The molecule has 0 radical (unpaired) electrons. The molecular formula is C22H22F3N7O3. The van der Waals surface area contributed by atoms with E-state index in [9.17, 15) is 22.8 Å². The molecule has 1 aromatic carbocycles. The monoisotopic (exact) mass is 489 g/mol. The summed E-state index contributed by atoms with van der Waals surface area (Å²) in [7, 11) is 0. The number of fused-ring (bicyclic) bond motifs is 1. The van der Waals surface area contributed by atoms with Gasteiger partial charge >= 0.3 is 6.18 Å². The molecule has 1 amide bonds. The molecule has 0 unspecified atom stereocenters. The van der Waals surface area contributed by atoms with Crippen molar-refractivity contribution in [2.75, 3.05) is 24.6 Å². The number of amides is 1. The van der Waals surface area contributed by atoms with Crippen LogP contribution >= 0.6 is 0 Å². The van der Waals surface area contributed by atoms with Crippen molar-refractivity contribution in [2.24, 2.45) is 0 Å². The van der Waals surface area contributed by atoms with E-state index in [2.05, 4.69) is 15.3 Å². The number of rotatable bonds is 5. The maximum Gasteiger partial charge on any atom is 0.423 e. The molecule has 184 valence electrons. The minimum Gasteiger partial charge on any atom is -0.491 e. The van der Waals surface area contributed by atoms with Crippen LogP contribution in [-0.2, 0) is 19.3 Å². The average Bonchev–Trinajstić information content (AvgIpc) is 3.50. The molecule has 3 aromatic rings. The summed E-state index contributed by atoms with van der Waals surface area (Å²) in [6.45, 7) is 1.93. The molecule has 0 saturated carbocycles. The first-order valence-corrected chi connectivity index (χ1v) is 11.1. The van der Waals surface area contributed by atoms with Crippen LogP contribution in [0.3, 0.4) is 0 Å². The van der Waals surface area contributed by atoms with Crippen LogP contribution in [0, 0.1) is 0 Å². The number of halogens is 3. The van der Waals surface area contributed by atoms with E-state index in [0.29, 0.717) is 56.2 Å². The van der Waals surface area contributed by atoms with Gasteiger partial charge in [-0.15, -0.1) is 10.2 Å². The molecule has 5 rings (SSSR count). The van der Waals surface area contributed by atoms with E-state index in [-0.39, 0.29) is 24.2 Å². The number of ether oxygens (including phenoxy) is 1. The molecule has 4 heterocycles. The number of aromatic amines is 1. The average molecular weight is 489 g/mol. The maximum absolute atomic E-state index is 13.5. The third kappa shape index (κ3) is 4.57. The van der Waals surface area contributed by atoms with Crippen molar-refractivity contribution < 1.29 is 22.7 Å². The summed E-state index contributed by atoms with van der Waals surface area (Å²) in [5.74, 6) is 0.977. The van der Waals surface area contributed by atoms with Gasteiger partial charge in [-0.2, -0.15) is 18.3 Å². The third-order valence-electron chi connectivity index (χ3n) is 6.26. The van der Waals surface area contributed by atoms with E-state index in [0.717, 1.165) is 6.20 Å². The third-order valence-corrected chi connectivity index (χ3v) is 6.26. The van der Waals surface area contributed by atoms with Crippen LogP contribution in [-0.4, -0.2) is 61.5 Å². The first-order chi connectivity index (χ1) is 16.8. The molecule has 1 atom stereocenters. The maximum atomic E-state index is 13.5. The van der Waals surface area contributed by atoms with E-state index in [4.69, 9.17) is 4.74 Å². The van der Waals surface area contributed by atoms with E-state index in [1.807, 2.05) is 9.67 Å². The molecule has 1 saturated heterocycles. The van der Waals surface area contributed by atoms with Gasteiger partial charge in [-0.25, -0.2) is 5.10 Å². The summed E-state index contributed by atoms with van der Waals surface area (Å²) < 4.78 is 48.4. The molecule has 1 N–H and O–H groups in total. The summed E-state index contributed by atoms with van der Waals surface area (Å²) in [6.07, 6.45) is -0.901. The van der Waals surface area contributed by atoms with Gasteiger partial charge in [-0.05, 0) is 31.0 Å². The summed E-state index contributed by atoms with van der Waals surface area (Å²) in [6, 6.07) is 6.32. The van der Waals surface area contributed by atoms with Crippen LogP contribution in [0.1, 0.15) is 34.6 Å². The zero-order valence-corrected chi connectivity index (χ0v) is 18.5. The van der Waals surface area contributed by atoms with Crippen molar-refractivity contribution in [3.05, 3.63) is 64.1 Å². The fraction of sp³-hybridized carbons (Fsp3) is 0.409. The molecule has 10 nitrogen and oxygen atoms in total. The smallest absolute Gasteiger partial charge is 0.423 e. The molecule has 2 aliphatic rings. The first-order valence-electron chi connectivity index (χ1n) is 11.1. The van der Waals surface area contributed by atoms with Gasteiger partial charge in [0.05, 0.1) is 24.5 Å². The fourth-order valence-corrected chi connectivity index (χ4v) is 4.54. The Hall–Kier alpha value is -3.90. The molecule has 13 heteroatoms. The Labute approximate surface area is 197 Å². The second-order valence-electron chi connectivity index (χ2n) is 8.45. The van der Waals surface area contributed by atoms with Crippen LogP contribution in [0.25, 0.3) is 0 Å². The van der Waals surface area contributed by atoms with Crippen molar-refractivity contribution in [3.8, 4) is 5.75 Å². The van der Waals surface area contributed by atoms with Gasteiger partial charge in [-0.1, -0.05) is 6.07 Å². The highest BCUT2D eigenvalue weighted by Crippen LogP contribution is 2.36. The topological polar surface area (TPSA) is 109 Å². The second kappa shape index (κ2) is 9.04. The number of carbonyl (C=O) groups is 1. The van der Waals surface area contributed by atoms with E-state index >= 15 is 0 Å². The van der Waals surface area contributed by atoms with Gasteiger partial charge in [-0.3, -0.25) is 9.59 Å². The first kappa shape index (κ1) is 22.9. The van der Waals surface area contributed by atoms with Crippen LogP contribution < -0.4 is 15.2 Å². The lowest BCUT2D eigenvalue weighted by molar-refractivity contribution is -0.138. The fourth-order valence-electron chi connectivity index (χ4n) is 4.54. The highest BCUT2D eigenvalue weighted by molar-refractivity contribution is 5.94. The quantitative estimate of drug-likeness (QED) is 0.585. The van der Waals surface area contributed by atoms with Crippen molar-refractivity contribution in [1.29, 1.82) is 0 Å². The Morgan fingerprint density at radius 2 is 2.09 bits per heavy atom. The number of carbonyl (C=O) groups excluding carboxylic acids is 1. The second-order valence-corrected chi connectivity index (χ2v) is 8.45. The highest BCUT2D eigenvalue weighted by Gasteiger charge is 2.40. The number of H-pyrrole nitrogens is 1. The minimum atomic E-state index is -4.81. The Morgan fingerprint density at radius 3 is 2.91 bits per heavy atom. The van der Waals surface area contributed by atoms with E-state index in [1.54, 1.807) is 35.5 Å². The number of nitrogens with one attached hydrogen (secondary N) is 1. The summed E-state index contributed by atoms with van der Waals surface area (Å²) in [4.78, 5) is 28.1. The minimum absolute atomic E-state index is 0.0918. The van der Waals surface area contributed by atoms with Crippen LogP contribution in [0.15, 0.2) is 41.6 Å². The van der Waals surface area contributed by atoms with Crippen LogP contribution in [0.5, 0.6) is 5.75 Å². The van der Waals surface area contributed by atoms with Crippen molar-refractivity contribution in [2.45, 2.75) is 38.1 Å². The molecule has 35 heavy (non-hydrogen) atoms. The SMILES string of the molecule is O=C(c1cccc(OC[C@@H]2CCCN2c2cn[nH]c(=O)c2C(F)(F)F)c1)N1CCn2cnnc2C1. The summed E-state index contributed by atoms with van der Waals surface area (Å²) in [5, 5.41) is 13.3. The number of nitrogens with zero attached hydrogens (tertiary/aromatic N) is 6. The van der Waals surface area contributed by atoms with Gasteiger partial charge < -0.3 is 19.1 Å². The lowest BCUT2D eigenvalue weighted by Gasteiger charge is -2.28. The van der Waals surface area contributed by atoms with Crippen LogP contribution in [0.4, 0.5) is 18.9 Å². The normalized spacial score (nSPS) is 18.0. The number of alkyl halides is 3. The Kier molecular flexibility index (Phi) is 5.91. The van der Waals surface area contributed by atoms with E-state index in [1.165, 1.54) is 4.90 Å². The molecule has 0 aliphatic carbocycles. The lowest BCUT2D eigenvalue weighted by atomic mass is 10.1. The van der Waals surface area contributed by atoms with Gasteiger partial charge in [0.15, 0.2) is 5.82 Å². The molecule has 1 fully saturated rings. The largest absolute Gasteiger partial charge is 0.491 e. The summed E-state index contributed by atoms with van der Waals surface area (Å²) >= 11 is 0. The molecule has 2 aliphatic heterocycles. The zero-order valence-electron chi connectivity index (χ0n) is 18.5. The summed E-state index contributed by atoms with van der Waals surface area (Å²) in [5.41, 5.74) is -2.35. The highest BCUT2D eigenvalue weighted by atomic mass is 19.4. The number of anilines is 1. The number of hydrogen-bond donors (Lipinski definition) is 1. The van der Waals surface area contributed by atoms with Gasteiger partial charge in [0, 0.05) is 25.2 Å². The molecule has 0 spiro atoms. The lowest BCUT2D eigenvalue weighted by Crippen LogP contribution is -2.38. The number of benzene rings is 1. The number of aromatic nitrogens is 5. The Bertz CT molecular complexity index is 1290. The van der Waals surface area contributed by atoms with Crippen LogP contribution in [0.2, 0.25) is 0 Å². The standard InChI is InChI=1S/C22H22F3N7O3/c23-22(24,25)19-17(10-26-29-20(19)33)32-6-2-4-15(32)12-35-16-5-1-3-14(9-16)21(34)30-7-8-31-13-27-28-18(31)11-30/h1,3,5,9-10,13,15H,2,4,6-8,11-12H2,(H,29,33)/t15-/m0/s1. The van der Waals surface area contributed by atoms with Gasteiger partial charge in [0.2, 0.25) is 0 Å². The van der Waals surface area contributed by atoms with E-state index < -0.39 is 17.3 Å². The molecule has 2 aromatic heterocycles. The Morgan fingerprint density at radius 1 is 1.23 bits per heavy atom. The Balaban J connectivity index is 1.28. The van der Waals surface area contributed by atoms with Crippen molar-refractivity contribution in [1.82, 2.24) is 29.9 Å². The van der Waals surface area contributed by atoms with Gasteiger partial charge in [0.1, 0.15) is 24.2 Å². The number of hydrogen-bond acceptors (Lipinski definition) is 7. The molecular weight excluding hydrogens is 467 g/mol.